The van der Waals surface area contributed by atoms with Crippen molar-refractivity contribution in [1.82, 2.24) is 5.32 Å². The van der Waals surface area contributed by atoms with Crippen LogP contribution < -0.4 is 5.32 Å². The Labute approximate surface area is 136 Å². The van der Waals surface area contributed by atoms with Crippen LogP contribution in [-0.2, 0) is 9.53 Å². The molecular formula is C19H23NO3. The molecule has 0 fully saturated rings. The fraction of sp³-hybridized carbons (Fsp3) is 0.368. The first-order valence-corrected chi connectivity index (χ1v) is 7.74. The van der Waals surface area contributed by atoms with Crippen LogP contribution in [0.2, 0.25) is 0 Å². The Morgan fingerprint density at radius 3 is 2.43 bits per heavy atom. The molecule has 4 heteroatoms. The number of rotatable bonds is 4. The van der Waals surface area contributed by atoms with E-state index in [1.807, 2.05) is 63.2 Å². The normalized spacial score (nSPS) is 14.1. The summed E-state index contributed by atoms with van der Waals surface area (Å²) in [5, 5.41) is 4.93. The van der Waals surface area contributed by atoms with Crippen molar-refractivity contribution in [2.45, 2.75) is 39.3 Å². The van der Waals surface area contributed by atoms with E-state index in [9.17, 15) is 9.59 Å². The highest BCUT2D eigenvalue weighted by molar-refractivity contribution is 5.87. The fourth-order valence-corrected chi connectivity index (χ4v) is 2.53. The van der Waals surface area contributed by atoms with E-state index in [4.69, 9.17) is 4.74 Å². The number of alkyl carbamates (subject to hydrolysis) is 1. The van der Waals surface area contributed by atoms with E-state index < -0.39 is 17.7 Å². The number of amides is 1. The van der Waals surface area contributed by atoms with E-state index in [2.05, 4.69) is 5.32 Å². The Morgan fingerprint density at radius 2 is 1.78 bits per heavy atom. The zero-order chi connectivity index (χ0) is 17.0. The third-order valence-electron chi connectivity index (χ3n) is 3.57. The van der Waals surface area contributed by atoms with Gasteiger partial charge < -0.3 is 14.8 Å². The number of hydrogen-bond donors (Lipinski definition) is 1. The Kier molecular flexibility index (Phi) is 5.04. The maximum absolute atomic E-state index is 12.1. The van der Waals surface area contributed by atoms with Crippen molar-refractivity contribution in [3.8, 4) is 0 Å². The first-order chi connectivity index (χ1) is 10.8. The lowest BCUT2D eigenvalue weighted by atomic mass is 9.91. The van der Waals surface area contributed by atoms with Crippen molar-refractivity contribution >= 4 is 23.2 Å². The molecule has 0 aliphatic heterocycles. The average Bonchev–Trinajstić information content (AvgIpc) is 2.50. The highest BCUT2D eigenvalue weighted by Gasteiger charge is 2.25. The number of hydrogen-bond acceptors (Lipinski definition) is 3. The third-order valence-corrected chi connectivity index (χ3v) is 3.57. The molecule has 2 rings (SSSR count). The van der Waals surface area contributed by atoms with Crippen molar-refractivity contribution in [3.05, 3.63) is 48.0 Å². The fourth-order valence-electron chi connectivity index (χ4n) is 2.53. The van der Waals surface area contributed by atoms with Gasteiger partial charge in [0.25, 0.3) is 0 Å². The van der Waals surface area contributed by atoms with Gasteiger partial charge in [0.2, 0.25) is 0 Å². The molecule has 122 valence electrons. The van der Waals surface area contributed by atoms with Crippen molar-refractivity contribution in [3.63, 3.8) is 0 Å². The van der Waals surface area contributed by atoms with Gasteiger partial charge in [-0.05, 0) is 37.1 Å². The van der Waals surface area contributed by atoms with Gasteiger partial charge in [-0.25, -0.2) is 4.79 Å². The van der Waals surface area contributed by atoms with Crippen LogP contribution in [0.25, 0.3) is 10.8 Å². The summed E-state index contributed by atoms with van der Waals surface area (Å²) >= 11 is 0. The number of ether oxygens (including phenoxy) is 1. The lowest BCUT2D eigenvalue weighted by Gasteiger charge is -2.26. The zero-order valence-electron chi connectivity index (χ0n) is 14.0. The third kappa shape index (κ3) is 4.31. The molecule has 0 saturated carbocycles. The van der Waals surface area contributed by atoms with Gasteiger partial charge in [-0.15, -0.1) is 0 Å². The average molecular weight is 313 g/mol. The van der Waals surface area contributed by atoms with E-state index >= 15 is 0 Å². The number of nitrogens with one attached hydrogen (secondary N) is 1. The maximum atomic E-state index is 12.1. The molecule has 23 heavy (non-hydrogen) atoms. The first-order valence-electron chi connectivity index (χ1n) is 7.74. The van der Waals surface area contributed by atoms with Gasteiger partial charge in [-0.3, -0.25) is 0 Å². The maximum Gasteiger partial charge on any atom is 0.408 e. The van der Waals surface area contributed by atoms with Crippen molar-refractivity contribution in [1.29, 1.82) is 0 Å². The molecule has 2 aromatic rings. The second-order valence-electron chi connectivity index (χ2n) is 6.69. The van der Waals surface area contributed by atoms with Gasteiger partial charge in [0.05, 0.1) is 6.04 Å². The van der Waals surface area contributed by atoms with Gasteiger partial charge in [-0.2, -0.15) is 0 Å². The number of benzene rings is 2. The number of carbonyl (C=O) groups is 2. The molecule has 0 saturated heterocycles. The van der Waals surface area contributed by atoms with Gasteiger partial charge in [0, 0.05) is 5.92 Å². The highest BCUT2D eigenvalue weighted by Crippen LogP contribution is 2.28. The molecule has 1 amide bonds. The molecule has 0 heterocycles. The molecule has 0 unspecified atom stereocenters. The molecule has 0 bridgehead atoms. The summed E-state index contributed by atoms with van der Waals surface area (Å²) in [5.41, 5.74) is 0.325. The molecular weight excluding hydrogens is 290 g/mol. The van der Waals surface area contributed by atoms with Crippen LogP contribution in [0.3, 0.4) is 0 Å². The highest BCUT2D eigenvalue weighted by atomic mass is 16.6. The monoisotopic (exact) mass is 313 g/mol. The summed E-state index contributed by atoms with van der Waals surface area (Å²) in [6, 6.07) is 13.3. The van der Waals surface area contributed by atoms with Crippen LogP contribution in [0.1, 0.15) is 39.3 Å². The van der Waals surface area contributed by atoms with Crippen LogP contribution in [0, 0.1) is 5.92 Å². The summed E-state index contributed by atoms with van der Waals surface area (Å²) < 4.78 is 5.33. The van der Waals surface area contributed by atoms with E-state index in [0.29, 0.717) is 0 Å². The van der Waals surface area contributed by atoms with E-state index in [1.165, 1.54) is 0 Å². The van der Waals surface area contributed by atoms with Gasteiger partial charge in [-0.1, -0.05) is 49.4 Å². The summed E-state index contributed by atoms with van der Waals surface area (Å²) in [5.74, 6) is -0.367. The zero-order valence-corrected chi connectivity index (χ0v) is 14.0. The Morgan fingerprint density at radius 1 is 1.13 bits per heavy atom. The van der Waals surface area contributed by atoms with Crippen molar-refractivity contribution in [2.75, 3.05) is 0 Å². The SMILES string of the molecule is C[C@H](C=O)[C@H](NC(=O)OC(C)(C)C)c1cccc2ccccc12. The minimum Gasteiger partial charge on any atom is -0.444 e. The standard InChI is InChI=1S/C19H23NO3/c1-13(12-21)17(20-18(22)23-19(2,3)4)16-11-7-9-14-8-5-6-10-15(14)16/h5-13,17H,1-4H3,(H,20,22)/t13-,17+/m1/s1. The summed E-state index contributed by atoms with van der Waals surface area (Å²) in [4.78, 5) is 23.5. The second-order valence-corrected chi connectivity index (χ2v) is 6.69. The van der Waals surface area contributed by atoms with Crippen molar-refractivity contribution in [2.24, 2.45) is 5.92 Å². The number of fused-ring (bicyclic) bond motifs is 1. The lowest BCUT2D eigenvalue weighted by Crippen LogP contribution is -2.37. The molecule has 4 nitrogen and oxygen atoms in total. The van der Waals surface area contributed by atoms with Crippen LogP contribution in [-0.4, -0.2) is 18.0 Å². The van der Waals surface area contributed by atoms with E-state index in [0.717, 1.165) is 22.6 Å². The van der Waals surface area contributed by atoms with Crippen LogP contribution in [0.5, 0.6) is 0 Å². The predicted octanol–water partition coefficient (Wildman–Crippen LogP) is 4.24. The molecule has 0 radical (unpaired) electrons. The Bertz CT molecular complexity index is 698. The topological polar surface area (TPSA) is 55.4 Å². The first kappa shape index (κ1) is 17.0. The Balaban J connectivity index is 2.38. The van der Waals surface area contributed by atoms with E-state index in [-0.39, 0.29) is 5.92 Å². The summed E-state index contributed by atoms with van der Waals surface area (Å²) in [6.07, 6.45) is 0.327. The van der Waals surface area contributed by atoms with Crippen LogP contribution in [0.15, 0.2) is 42.5 Å². The summed E-state index contributed by atoms with van der Waals surface area (Å²) in [7, 11) is 0. The molecule has 0 spiro atoms. The van der Waals surface area contributed by atoms with Crippen LogP contribution in [0.4, 0.5) is 4.79 Å². The molecule has 0 aliphatic rings. The minimum absolute atomic E-state index is 0.367. The van der Waals surface area contributed by atoms with E-state index in [1.54, 1.807) is 6.92 Å². The quantitative estimate of drug-likeness (QED) is 0.859. The molecule has 0 aromatic heterocycles. The second kappa shape index (κ2) is 6.82. The van der Waals surface area contributed by atoms with Gasteiger partial charge >= 0.3 is 6.09 Å². The number of aldehydes is 1. The van der Waals surface area contributed by atoms with Gasteiger partial charge in [0.1, 0.15) is 11.9 Å². The van der Waals surface area contributed by atoms with Crippen molar-refractivity contribution < 1.29 is 14.3 Å². The summed E-state index contributed by atoms with van der Waals surface area (Å²) in [6.45, 7) is 7.21. The van der Waals surface area contributed by atoms with Crippen LogP contribution >= 0.6 is 0 Å². The molecule has 2 atom stereocenters. The minimum atomic E-state index is -0.586. The predicted molar refractivity (Wildman–Crippen MR) is 91.3 cm³/mol. The number of carbonyl (C=O) groups excluding carboxylic acids is 2. The molecule has 1 N–H and O–H groups in total. The lowest BCUT2D eigenvalue weighted by molar-refractivity contribution is -0.111. The molecule has 0 aliphatic carbocycles. The van der Waals surface area contributed by atoms with Gasteiger partial charge in [0.15, 0.2) is 0 Å². The smallest absolute Gasteiger partial charge is 0.408 e. The largest absolute Gasteiger partial charge is 0.444 e. The molecule has 2 aromatic carbocycles. The Hall–Kier alpha value is -2.36.